The van der Waals surface area contributed by atoms with Gasteiger partial charge in [-0.05, 0) is 57.0 Å². The first-order valence-corrected chi connectivity index (χ1v) is 7.30. The van der Waals surface area contributed by atoms with Gasteiger partial charge in [-0.1, -0.05) is 12.1 Å². The number of hydrogen-bond donors (Lipinski definition) is 0. The van der Waals surface area contributed by atoms with Gasteiger partial charge < -0.3 is 4.90 Å². The number of thiophene rings is 1. The molecule has 0 fully saturated rings. The maximum absolute atomic E-state index is 12.6. The largest absolute Gasteiger partial charge is 0.308 e. The van der Waals surface area contributed by atoms with Gasteiger partial charge in [0.05, 0.1) is 4.88 Å². The van der Waals surface area contributed by atoms with Gasteiger partial charge in [-0.25, -0.2) is 0 Å². The molecule has 0 unspecified atom stereocenters. The van der Waals surface area contributed by atoms with Crippen molar-refractivity contribution in [2.75, 3.05) is 11.4 Å². The Morgan fingerprint density at radius 3 is 2.47 bits per heavy atom. The molecule has 1 heterocycles. The molecule has 0 N–H and O–H groups in total. The van der Waals surface area contributed by atoms with E-state index in [9.17, 15) is 4.79 Å². The number of carbonyl (C=O) groups excluding carboxylic acids is 1. The van der Waals surface area contributed by atoms with E-state index in [4.69, 9.17) is 0 Å². The van der Waals surface area contributed by atoms with Crippen molar-refractivity contribution in [3.05, 3.63) is 51.2 Å². The Kier molecular flexibility index (Phi) is 4.05. The highest BCUT2D eigenvalue weighted by atomic mass is 32.1. The highest BCUT2D eigenvalue weighted by Crippen LogP contribution is 2.25. The molecule has 1 aromatic carbocycles. The van der Waals surface area contributed by atoms with Gasteiger partial charge in [0.2, 0.25) is 0 Å². The van der Waals surface area contributed by atoms with Crippen molar-refractivity contribution in [1.29, 1.82) is 0 Å². The number of nitrogens with zero attached hydrogens (tertiary/aromatic N) is 1. The highest BCUT2D eigenvalue weighted by Gasteiger charge is 2.19. The maximum Gasteiger partial charge on any atom is 0.268 e. The lowest BCUT2D eigenvalue weighted by Gasteiger charge is -2.22. The monoisotopic (exact) mass is 273 g/mol. The third-order valence-corrected chi connectivity index (χ3v) is 4.16. The summed E-state index contributed by atoms with van der Waals surface area (Å²) < 4.78 is 0. The average Bonchev–Trinajstić information content (AvgIpc) is 2.81. The van der Waals surface area contributed by atoms with E-state index in [0.29, 0.717) is 6.54 Å². The van der Waals surface area contributed by atoms with Crippen LogP contribution in [-0.2, 0) is 0 Å². The molecule has 0 atom stereocenters. The van der Waals surface area contributed by atoms with Crippen LogP contribution in [0.5, 0.6) is 0 Å². The summed E-state index contributed by atoms with van der Waals surface area (Å²) in [5.74, 6) is 0.0919. The zero-order valence-corrected chi connectivity index (χ0v) is 12.7. The van der Waals surface area contributed by atoms with Gasteiger partial charge >= 0.3 is 0 Å². The Hall–Kier alpha value is -1.61. The van der Waals surface area contributed by atoms with Crippen LogP contribution in [0.3, 0.4) is 0 Å². The minimum atomic E-state index is 0.0919. The normalized spacial score (nSPS) is 10.5. The van der Waals surface area contributed by atoms with Crippen LogP contribution in [0, 0.1) is 20.8 Å². The number of aryl methyl sites for hydroxylation is 3. The molecule has 1 amide bonds. The molecule has 2 nitrogen and oxygen atoms in total. The van der Waals surface area contributed by atoms with Gasteiger partial charge in [0.1, 0.15) is 0 Å². The fraction of sp³-hybridized carbons (Fsp3) is 0.312. The smallest absolute Gasteiger partial charge is 0.268 e. The molecule has 0 aliphatic carbocycles. The second-order valence-corrected chi connectivity index (χ2v) is 6.04. The summed E-state index contributed by atoms with van der Waals surface area (Å²) >= 11 is 1.55. The molecule has 1 aromatic heterocycles. The van der Waals surface area contributed by atoms with Gasteiger partial charge in [-0.15, -0.1) is 11.3 Å². The van der Waals surface area contributed by atoms with E-state index in [2.05, 4.69) is 25.1 Å². The molecule has 2 aromatic rings. The molecular formula is C16H19NOS. The van der Waals surface area contributed by atoms with Crippen molar-refractivity contribution >= 4 is 22.9 Å². The van der Waals surface area contributed by atoms with Crippen molar-refractivity contribution in [2.45, 2.75) is 27.7 Å². The van der Waals surface area contributed by atoms with E-state index < -0.39 is 0 Å². The molecule has 0 aliphatic heterocycles. The van der Waals surface area contributed by atoms with Gasteiger partial charge in [0.15, 0.2) is 0 Å². The second-order valence-electron chi connectivity index (χ2n) is 4.75. The van der Waals surface area contributed by atoms with Crippen molar-refractivity contribution in [1.82, 2.24) is 0 Å². The third-order valence-electron chi connectivity index (χ3n) is 3.17. The summed E-state index contributed by atoms with van der Waals surface area (Å²) in [5.41, 5.74) is 3.32. The van der Waals surface area contributed by atoms with Crippen molar-refractivity contribution in [2.24, 2.45) is 0 Å². The predicted molar refractivity (Wildman–Crippen MR) is 82.3 cm³/mol. The molecule has 0 spiro atoms. The van der Waals surface area contributed by atoms with E-state index in [-0.39, 0.29) is 5.91 Å². The second kappa shape index (κ2) is 5.57. The standard InChI is InChI=1S/C16H19NOS/c1-5-17(14-10-11(2)6-7-12(14)3)16(18)15-9-8-13(4)19-15/h6-10H,5H2,1-4H3. The van der Waals surface area contributed by atoms with E-state index in [0.717, 1.165) is 16.1 Å². The van der Waals surface area contributed by atoms with E-state index in [1.54, 1.807) is 11.3 Å². The number of anilines is 1. The molecule has 0 aliphatic rings. The molecule has 2 rings (SSSR count). The zero-order valence-electron chi connectivity index (χ0n) is 11.9. The summed E-state index contributed by atoms with van der Waals surface area (Å²) in [6.45, 7) is 8.82. The summed E-state index contributed by atoms with van der Waals surface area (Å²) in [7, 11) is 0. The van der Waals surface area contributed by atoms with Crippen LogP contribution in [0.15, 0.2) is 30.3 Å². The van der Waals surface area contributed by atoms with Crippen LogP contribution in [0.1, 0.15) is 32.6 Å². The Bertz CT molecular complexity index is 601. The summed E-state index contributed by atoms with van der Waals surface area (Å²) in [6.07, 6.45) is 0. The lowest BCUT2D eigenvalue weighted by molar-refractivity contribution is 0.0992. The number of amides is 1. The van der Waals surface area contributed by atoms with Crippen LogP contribution >= 0.6 is 11.3 Å². The van der Waals surface area contributed by atoms with Crippen LogP contribution in [0.4, 0.5) is 5.69 Å². The number of benzene rings is 1. The molecule has 100 valence electrons. The molecule has 0 radical (unpaired) electrons. The maximum atomic E-state index is 12.6. The number of carbonyl (C=O) groups is 1. The van der Waals surface area contributed by atoms with Gasteiger partial charge in [-0.3, -0.25) is 4.79 Å². The zero-order chi connectivity index (χ0) is 14.0. The Balaban J connectivity index is 2.39. The number of hydrogen-bond acceptors (Lipinski definition) is 2. The Morgan fingerprint density at radius 2 is 1.89 bits per heavy atom. The van der Waals surface area contributed by atoms with Crippen LogP contribution < -0.4 is 4.90 Å². The summed E-state index contributed by atoms with van der Waals surface area (Å²) in [5, 5.41) is 0. The fourth-order valence-corrected chi connectivity index (χ4v) is 2.93. The number of rotatable bonds is 3. The molecule has 0 bridgehead atoms. The first-order valence-electron chi connectivity index (χ1n) is 6.48. The molecule has 0 saturated heterocycles. The van der Waals surface area contributed by atoms with Gasteiger partial charge in [-0.2, -0.15) is 0 Å². The Morgan fingerprint density at radius 1 is 1.16 bits per heavy atom. The van der Waals surface area contributed by atoms with E-state index in [1.807, 2.05) is 37.8 Å². The summed E-state index contributed by atoms with van der Waals surface area (Å²) in [6, 6.07) is 10.1. The van der Waals surface area contributed by atoms with E-state index in [1.165, 1.54) is 10.4 Å². The van der Waals surface area contributed by atoms with Crippen molar-refractivity contribution in [3.63, 3.8) is 0 Å². The van der Waals surface area contributed by atoms with Crippen LogP contribution in [0.25, 0.3) is 0 Å². The molecular weight excluding hydrogens is 254 g/mol. The van der Waals surface area contributed by atoms with Crippen molar-refractivity contribution < 1.29 is 4.79 Å². The predicted octanol–water partition coefficient (Wildman–Crippen LogP) is 4.34. The molecule has 0 saturated carbocycles. The highest BCUT2D eigenvalue weighted by molar-refractivity contribution is 7.14. The quantitative estimate of drug-likeness (QED) is 0.814. The van der Waals surface area contributed by atoms with Crippen molar-refractivity contribution in [3.8, 4) is 0 Å². The lowest BCUT2D eigenvalue weighted by Crippen LogP contribution is -2.30. The average molecular weight is 273 g/mol. The molecule has 19 heavy (non-hydrogen) atoms. The SMILES string of the molecule is CCN(C(=O)c1ccc(C)s1)c1cc(C)ccc1C. The van der Waals surface area contributed by atoms with Crippen LogP contribution in [0.2, 0.25) is 0 Å². The van der Waals surface area contributed by atoms with Crippen LogP contribution in [-0.4, -0.2) is 12.5 Å². The van der Waals surface area contributed by atoms with Gasteiger partial charge in [0.25, 0.3) is 5.91 Å². The Labute approximate surface area is 118 Å². The minimum Gasteiger partial charge on any atom is -0.308 e. The van der Waals surface area contributed by atoms with E-state index >= 15 is 0 Å². The minimum absolute atomic E-state index is 0.0919. The first kappa shape index (κ1) is 13.8. The summed E-state index contributed by atoms with van der Waals surface area (Å²) in [4.78, 5) is 16.4. The first-order chi connectivity index (χ1) is 9.02. The molecule has 3 heteroatoms. The fourth-order valence-electron chi connectivity index (χ4n) is 2.12. The lowest BCUT2D eigenvalue weighted by atomic mass is 10.1. The third kappa shape index (κ3) is 2.87. The van der Waals surface area contributed by atoms with Gasteiger partial charge in [0, 0.05) is 17.1 Å². The topological polar surface area (TPSA) is 20.3 Å².